The number of benzene rings is 4. The highest BCUT2D eigenvalue weighted by atomic mass is 16.5. The van der Waals surface area contributed by atoms with Crippen molar-refractivity contribution in [1.29, 1.82) is 0 Å². The van der Waals surface area contributed by atoms with Crippen molar-refractivity contribution in [2.24, 2.45) is 0 Å². The van der Waals surface area contributed by atoms with Gasteiger partial charge in [-0.1, -0.05) is 54.6 Å². The maximum Gasteiger partial charge on any atom is 0.294 e. The number of hydrogen-bond donors (Lipinski definition) is 1. The fourth-order valence-corrected chi connectivity index (χ4v) is 4.66. The molecule has 0 saturated carbocycles. The number of anilines is 1. The first kappa shape index (κ1) is 20.6. The third kappa shape index (κ3) is 3.57. The molecule has 0 aliphatic heterocycles. The van der Waals surface area contributed by atoms with E-state index in [-0.39, 0.29) is 6.73 Å². The lowest BCUT2D eigenvalue weighted by Gasteiger charge is -2.04. The summed E-state index contributed by atoms with van der Waals surface area (Å²) in [5.41, 5.74) is 11.4. The Morgan fingerprint density at radius 3 is 1.73 bits per heavy atom. The first-order valence-corrected chi connectivity index (χ1v) is 11.0. The molecular weight excluding hydrogens is 410 g/mol. The average molecular weight is 436 g/mol. The predicted octanol–water partition coefficient (Wildman–Crippen LogP) is 6.32. The minimum absolute atomic E-state index is 0.248. The summed E-state index contributed by atoms with van der Waals surface area (Å²) in [6.07, 6.45) is 0. The maximum atomic E-state index is 10.3. The number of nitrogens with two attached hydrogens (primary N) is 1. The summed E-state index contributed by atoms with van der Waals surface area (Å²) < 4.78 is 9.20. The van der Waals surface area contributed by atoms with Crippen molar-refractivity contribution in [3.63, 3.8) is 0 Å². The first-order chi connectivity index (χ1) is 16.2. The van der Waals surface area contributed by atoms with Gasteiger partial charge < -0.3 is 19.6 Å². The van der Waals surface area contributed by atoms with Crippen molar-refractivity contribution < 1.29 is 9.53 Å². The molecule has 0 unspecified atom stereocenters. The van der Waals surface area contributed by atoms with Crippen LogP contribution in [0.15, 0.2) is 91.0 Å². The van der Waals surface area contributed by atoms with Crippen molar-refractivity contribution in [3.05, 3.63) is 91.0 Å². The molecule has 164 valence electrons. The number of para-hydroxylation sites is 3. The van der Waals surface area contributed by atoms with Crippen LogP contribution in [-0.4, -0.2) is 15.6 Å². The molecule has 0 spiro atoms. The number of aryl methyl sites for hydroxylation is 1. The molecule has 0 saturated heterocycles. The summed E-state index contributed by atoms with van der Waals surface area (Å²) in [5, 5.41) is 4.89. The molecule has 0 radical (unpaired) electrons. The maximum absolute atomic E-state index is 10.3. The summed E-state index contributed by atoms with van der Waals surface area (Å²) in [7, 11) is 0. The Hall–Kier alpha value is -4.25. The Morgan fingerprint density at radius 1 is 0.697 bits per heavy atom. The molecule has 0 atom stereocenters. The number of carbonyl (C=O) groups excluding carboxylic acids is 1. The Morgan fingerprint density at radius 2 is 1.18 bits per heavy atom. The lowest BCUT2D eigenvalue weighted by molar-refractivity contribution is -0.131. The summed E-state index contributed by atoms with van der Waals surface area (Å²) in [6.45, 7) is 3.87. The van der Waals surface area contributed by atoms with Crippen LogP contribution in [0.1, 0.15) is 6.92 Å². The van der Waals surface area contributed by atoms with Crippen molar-refractivity contribution in [2.75, 3.05) is 5.73 Å². The smallest absolute Gasteiger partial charge is 0.294 e. The van der Waals surface area contributed by atoms with Crippen LogP contribution < -0.4 is 5.73 Å². The monoisotopic (exact) mass is 435 g/mol. The Labute approximate surface area is 191 Å². The van der Waals surface area contributed by atoms with Gasteiger partial charge >= 0.3 is 0 Å². The van der Waals surface area contributed by atoms with E-state index in [0.717, 1.165) is 23.3 Å². The fraction of sp³-hybridized carbons (Fsp3) is 0.107. The SMILES string of the molecule is CCn1c2ccccc2c2cc(N)ccc21.O=COCn1c2ccccc2c2ccccc21. The zero-order valence-corrected chi connectivity index (χ0v) is 18.4. The van der Waals surface area contributed by atoms with Gasteiger partial charge in [-0.05, 0) is 43.3 Å². The molecule has 0 fully saturated rings. The van der Waals surface area contributed by atoms with Gasteiger partial charge in [-0.25, -0.2) is 0 Å². The zero-order valence-electron chi connectivity index (χ0n) is 18.4. The molecule has 0 bridgehead atoms. The van der Waals surface area contributed by atoms with Crippen molar-refractivity contribution in [1.82, 2.24) is 9.13 Å². The molecule has 0 amide bonds. The number of fused-ring (bicyclic) bond motifs is 6. The van der Waals surface area contributed by atoms with Gasteiger partial charge in [-0.3, -0.25) is 4.79 Å². The van der Waals surface area contributed by atoms with Crippen molar-refractivity contribution >= 4 is 55.8 Å². The Kier molecular flexibility index (Phi) is 5.45. The number of nitrogen functional groups attached to an aromatic ring is 1. The summed E-state index contributed by atoms with van der Waals surface area (Å²) in [6, 6.07) is 30.8. The predicted molar refractivity (Wildman–Crippen MR) is 136 cm³/mol. The largest absolute Gasteiger partial charge is 0.446 e. The zero-order chi connectivity index (χ0) is 22.8. The number of aromatic nitrogens is 2. The molecule has 5 nitrogen and oxygen atoms in total. The van der Waals surface area contributed by atoms with Gasteiger partial charge in [0.15, 0.2) is 6.73 Å². The highest BCUT2D eigenvalue weighted by molar-refractivity contribution is 6.09. The molecular formula is C28H25N3O2. The third-order valence-corrected chi connectivity index (χ3v) is 6.06. The van der Waals surface area contributed by atoms with E-state index in [4.69, 9.17) is 10.5 Å². The number of rotatable bonds is 4. The topological polar surface area (TPSA) is 62.2 Å². The van der Waals surface area contributed by atoms with E-state index in [1.807, 2.05) is 47.0 Å². The van der Waals surface area contributed by atoms with Crippen molar-refractivity contribution in [3.8, 4) is 0 Å². The van der Waals surface area contributed by atoms with Gasteiger partial charge in [0.05, 0.1) is 11.0 Å². The third-order valence-electron chi connectivity index (χ3n) is 6.06. The van der Waals surface area contributed by atoms with E-state index in [1.165, 1.54) is 32.6 Å². The number of nitrogens with zero attached hydrogens (tertiary/aromatic N) is 2. The minimum atomic E-state index is 0.248. The highest BCUT2D eigenvalue weighted by Crippen LogP contribution is 2.30. The summed E-state index contributed by atoms with van der Waals surface area (Å²) in [4.78, 5) is 10.3. The second kappa shape index (κ2) is 8.71. The van der Waals surface area contributed by atoms with E-state index in [0.29, 0.717) is 6.47 Å². The van der Waals surface area contributed by atoms with E-state index < -0.39 is 0 Å². The number of carbonyl (C=O) groups is 1. The fourth-order valence-electron chi connectivity index (χ4n) is 4.66. The lowest BCUT2D eigenvalue weighted by atomic mass is 10.1. The van der Waals surface area contributed by atoms with Gasteiger partial charge in [-0.15, -0.1) is 0 Å². The number of ether oxygens (including phenoxy) is 1. The van der Waals surface area contributed by atoms with Crippen LogP contribution in [0.25, 0.3) is 43.6 Å². The molecule has 4 aromatic carbocycles. The van der Waals surface area contributed by atoms with E-state index >= 15 is 0 Å². The Balaban J connectivity index is 0.000000139. The molecule has 0 aliphatic carbocycles. The molecule has 6 aromatic rings. The van der Waals surface area contributed by atoms with Gasteiger partial charge in [0.25, 0.3) is 6.47 Å². The molecule has 0 aliphatic rings. The number of hydrogen-bond acceptors (Lipinski definition) is 3. The van der Waals surface area contributed by atoms with E-state index in [2.05, 4.69) is 60.0 Å². The summed E-state index contributed by atoms with van der Waals surface area (Å²) in [5.74, 6) is 0. The normalized spacial score (nSPS) is 11.1. The van der Waals surface area contributed by atoms with Crippen LogP contribution in [-0.2, 0) is 22.8 Å². The van der Waals surface area contributed by atoms with Crippen LogP contribution in [0.5, 0.6) is 0 Å². The Bertz CT molecular complexity index is 1540. The van der Waals surface area contributed by atoms with Crippen LogP contribution in [0.4, 0.5) is 5.69 Å². The van der Waals surface area contributed by atoms with Gasteiger partial charge in [-0.2, -0.15) is 0 Å². The molecule has 2 heterocycles. The van der Waals surface area contributed by atoms with Crippen LogP contribution in [0.3, 0.4) is 0 Å². The second-order valence-corrected chi connectivity index (χ2v) is 7.89. The van der Waals surface area contributed by atoms with Crippen LogP contribution in [0, 0.1) is 0 Å². The van der Waals surface area contributed by atoms with Gasteiger partial charge in [0.1, 0.15) is 0 Å². The molecule has 5 heteroatoms. The molecule has 6 rings (SSSR count). The second-order valence-electron chi connectivity index (χ2n) is 7.89. The molecule has 33 heavy (non-hydrogen) atoms. The van der Waals surface area contributed by atoms with Crippen LogP contribution >= 0.6 is 0 Å². The van der Waals surface area contributed by atoms with Gasteiger partial charge in [0, 0.05) is 44.8 Å². The van der Waals surface area contributed by atoms with Crippen LogP contribution in [0.2, 0.25) is 0 Å². The molecule has 2 N–H and O–H groups in total. The standard InChI is InChI=1S/C14H14N2.C14H11NO2/c1-2-16-13-6-4-3-5-11(13)12-9-10(15)7-8-14(12)16;16-10-17-9-15-13-7-3-1-5-11(13)12-6-2-4-8-14(12)15/h3-9H,2,15H2,1H3;1-8,10H,9H2. The average Bonchev–Trinajstić information content (AvgIpc) is 3.35. The van der Waals surface area contributed by atoms with Gasteiger partial charge in [0.2, 0.25) is 0 Å². The lowest BCUT2D eigenvalue weighted by Crippen LogP contribution is -2.00. The molecule has 2 aromatic heterocycles. The highest BCUT2D eigenvalue weighted by Gasteiger charge is 2.09. The van der Waals surface area contributed by atoms with E-state index in [1.54, 1.807) is 0 Å². The minimum Gasteiger partial charge on any atom is -0.446 e. The first-order valence-electron chi connectivity index (χ1n) is 11.0. The quantitative estimate of drug-likeness (QED) is 0.260. The van der Waals surface area contributed by atoms with Crippen molar-refractivity contribution in [2.45, 2.75) is 20.2 Å². The van der Waals surface area contributed by atoms with E-state index in [9.17, 15) is 4.79 Å². The summed E-state index contributed by atoms with van der Waals surface area (Å²) >= 11 is 0.